The zero-order chi connectivity index (χ0) is 36.6. The summed E-state index contributed by atoms with van der Waals surface area (Å²) in [6, 6.07) is 10.3. The number of hydrogen-bond acceptors (Lipinski definition) is 8. The Morgan fingerprint density at radius 1 is 1.10 bits per heavy atom. The van der Waals surface area contributed by atoms with E-state index in [0.717, 1.165) is 42.0 Å². The summed E-state index contributed by atoms with van der Waals surface area (Å²) in [7, 11) is -2.27. The molecule has 2 heterocycles. The maximum absolute atomic E-state index is 14.3. The zero-order valence-corrected chi connectivity index (χ0v) is 29.9. The molecule has 0 radical (unpaired) electrons. The molecule has 0 saturated carbocycles. The van der Waals surface area contributed by atoms with Crippen LogP contribution in [0.5, 0.6) is 5.75 Å². The number of hydrogen-bond donors (Lipinski definition) is 3. The molecule has 0 saturated heterocycles. The van der Waals surface area contributed by atoms with Crippen molar-refractivity contribution in [1.29, 1.82) is 0 Å². The van der Waals surface area contributed by atoms with Crippen LogP contribution in [0.15, 0.2) is 64.2 Å². The van der Waals surface area contributed by atoms with Crippen LogP contribution in [0.4, 0.5) is 29.3 Å². The molecule has 0 bridgehead atoms. The molecule has 1 aliphatic rings. The number of benzene rings is 2. The van der Waals surface area contributed by atoms with Gasteiger partial charge in [-0.25, -0.2) is 13.2 Å². The number of ether oxygens (including phenoxy) is 2. The van der Waals surface area contributed by atoms with E-state index in [9.17, 15) is 36.3 Å². The lowest BCUT2D eigenvalue weighted by molar-refractivity contribution is -0.137. The third-order valence-corrected chi connectivity index (χ3v) is 11.6. The van der Waals surface area contributed by atoms with Gasteiger partial charge < -0.3 is 30.1 Å². The highest BCUT2D eigenvalue weighted by atomic mass is 32.2. The fourth-order valence-corrected chi connectivity index (χ4v) is 7.80. The van der Waals surface area contributed by atoms with Crippen molar-refractivity contribution < 1.29 is 45.8 Å². The van der Waals surface area contributed by atoms with E-state index < -0.39 is 45.8 Å². The number of amides is 3. The number of aliphatic hydroxyl groups excluding tert-OH is 1. The molecule has 1 aliphatic heterocycles. The average molecular weight is 741 g/mol. The highest BCUT2D eigenvalue weighted by Gasteiger charge is 2.33. The predicted octanol–water partition coefficient (Wildman–Crippen LogP) is 6.53. The highest BCUT2D eigenvalue weighted by Crippen LogP contribution is 2.31. The van der Waals surface area contributed by atoms with Gasteiger partial charge in [0.2, 0.25) is 0 Å². The number of likely N-dealkylation sites (N-methyl/N-ethyl adjacent to an activating group) is 1. The summed E-state index contributed by atoms with van der Waals surface area (Å²) in [5.74, 6) is -0.607. The molecule has 2 aromatic carbocycles. The van der Waals surface area contributed by atoms with E-state index in [1.54, 1.807) is 36.6 Å². The molecule has 50 heavy (non-hydrogen) atoms. The van der Waals surface area contributed by atoms with E-state index in [1.165, 1.54) is 22.3 Å². The number of carbonyl (C=O) groups excluding carboxylic acids is 2. The Kier molecular flexibility index (Phi) is 13.3. The van der Waals surface area contributed by atoms with Crippen molar-refractivity contribution in [2.45, 2.75) is 68.7 Å². The Labute approximate surface area is 294 Å². The van der Waals surface area contributed by atoms with Crippen LogP contribution < -0.4 is 15.4 Å². The Bertz CT molecular complexity index is 1690. The Morgan fingerprint density at radius 2 is 1.78 bits per heavy atom. The normalized spacial score (nSPS) is 20.4. The van der Waals surface area contributed by atoms with Crippen LogP contribution in [0.3, 0.4) is 0 Å². The van der Waals surface area contributed by atoms with E-state index in [1.807, 2.05) is 13.8 Å². The Balaban J connectivity index is 1.60. The minimum absolute atomic E-state index is 0.0369. The van der Waals surface area contributed by atoms with Crippen molar-refractivity contribution in [3.05, 3.63) is 71.1 Å². The van der Waals surface area contributed by atoms with Gasteiger partial charge in [-0.3, -0.25) is 4.79 Å². The molecule has 4 atom stereocenters. The zero-order valence-electron chi connectivity index (χ0n) is 28.3. The van der Waals surface area contributed by atoms with Gasteiger partial charge in [0.1, 0.15) is 9.96 Å². The van der Waals surface area contributed by atoms with Crippen LogP contribution in [0, 0.1) is 5.92 Å². The van der Waals surface area contributed by atoms with E-state index in [4.69, 9.17) is 9.47 Å². The lowest BCUT2D eigenvalue weighted by Crippen LogP contribution is -2.48. The van der Waals surface area contributed by atoms with E-state index in [-0.39, 0.29) is 58.6 Å². The number of carbonyl (C=O) groups is 2. The van der Waals surface area contributed by atoms with Crippen molar-refractivity contribution in [1.82, 2.24) is 9.21 Å². The largest absolute Gasteiger partial charge is 0.490 e. The molecule has 3 N–H and O–H groups in total. The summed E-state index contributed by atoms with van der Waals surface area (Å²) in [5, 5.41) is 17.0. The molecule has 1 aromatic heterocycles. The topological polar surface area (TPSA) is 138 Å². The van der Waals surface area contributed by atoms with Gasteiger partial charge in [0, 0.05) is 44.0 Å². The number of nitrogens with one attached hydrogen (secondary N) is 2. The molecule has 0 spiro atoms. The number of thiophene rings is 1. The molecule has 0 aliphatic carbocycles. The first kappa shape index (κ1) is 39.1. The quantitative estimate of drug-likeness (QED) is 0.239. The Morgan fingerprint density at radius 3 is 2.42 bits per heavy atom. The molecule has 0 fully saturated rings. The maximum atomic E-state index is 14.3. The number of aliphatic hydroxyl groups is 1. The number of alkyl halides is 3. The second-order valence-corrected chi connectivity index (χ2v) is 15.6. The van der Waals surface area contributed by atoms with Crippen LogP contribution in [0.1, 0.15) is 56.0 Å². The summed E-state index contributed by atoms with van der Waals surface area (Å²) in [5.41, 5.74) is -0.398. The first-order valence-corrected chi connectivity index (χ1v) is 18.5. The predicted molar refractivity (Wildman–Crippen MR) is 185 cm³/mol. The smallest absolute Gasteiger partial charge is 0.416 e. The number of urea groups is 1. The lowest BCUT2D eigenvalue weighted by Gasteiger charge is -2.35. The van der Waals surface area contributed by atoms with Crippen molar-refractivity contribution >= 4 is 44.7 Å². The standard InChI is InChI=1S/C34H43F3N4O7S2/c1-22-19-41(23(2)21-42)32(43)28-18-27(39-33(44)38-26-12-10-25(11-13-26)34(35,36)37)14-15-29(28)48-24(3)8-5-6-16-47-30(22)20-40(4)50(45,46)31-9-7-17-49-31/h7,9-15,17-18,22-24,30,42H,5-6,8,16,19-21H2,1-4H3,(H2,38,39,44)/t22-,23-,24+,30+/m1/s1. The van der Waals surface area contributed by atoms with Gasteiger partial charge >= 0.3 is 12.2 Å². The monoisotopic (exact) mass is 740 g/mol. The van der Waals surface area contributed by atoms with Gasteiger partial charge in [0.15, 0.2) is 0 Å². The molecule has 3 aromatic rings. The molecule has 3 amide bonds. The number of fused-ring (bicyclic) bond motifs is 1. The number of sulfonamides is 1. The number of halogens is 3. The van der Waals surface area contributed by atoms with Crippen LogP contribution >= 0.6 is 11.3 Å². The van der Waals surface area contributed by atoms with Crippen LogP contribution in [0.2, 0.25) is 0 Å². The van der Waals surface area contributed by atoms with E-state index in [0.29, 0.717) is 19.4 Å². The minimum Gasteiger partial charge on any atom is -0.490 e. The summed E-state index contributed by atoms with van der Waals surface area (Å²) in [4.78, 5) is 28.6. The van der Waals surface area contributed by atoms with Crippen molar-refractivity contribution in [2.24, 2.45) is 5.92 Å². The number of anilines is 2. The van der Waals surface area contributed by atoms with Gasteiger partial charge in [0.05, 0.1) is 36.0 Å². The van der Waals surface area contributed by atoms with Crippen LogP contribution in [-0.2, 0) is 20.9 Å². The van der Waals surface area contributed by atoms with Crippen molar-refractivity contribution in [2.75, 3.05) is 44.0 Å². The van der Waals surface area contributed by atoms with Crippen LogP contribution in [-0.4, -0.2) is 86.3 Å². The Hall–Kier alpha value is -3.70. The van der Waals surface area contributed by atoms with Crippen LogP contribution in [0.25, 0.3) is 0 Å². The fraction of sp³-hybridized carbons (Fsp3) is 0.471. The maximum Gasteiger partial charge on any atom is 0.416 e. The van der Waals surface area contributed by atoms with Crippen molar-refractivity contribution in [3.63, 3.8) is 0 Å². The number of nitrogens with zero attached hydrogens (tertiary/aromatic N) is 2. The summed E-state index contributed by atoms with van der Waals surface area (Å²) in [6.07, 6.45) is -3.34. The third kappa shape index (κ3) is 10.2. The first-order chi connectivity index (χ1) is 23.6. The van der Waals surface area contributed by atoms with E-state index >= 15 is 0 Å². The molecule has 11 nitrogen and oxygen atoms in total. The molecule has 16 heteroatoms. The molecule has 4 rings (SSSR count). The average Bonchev–Trinajstić information content (AvgIpc) is 3.62. The lowest BCUT2D eigenvalue weighted by atomic mass is 10.0. The summed E-state index contributed by atoms with van der Waals surface area (Å²) >= 11 is 1.12. The molecular weight excluding hydrogens is 698 g/mol. The van der Waals surface area contributed by atoms with Gasteiger partial charge in [-0.05, 0) is 87.0 Å². The molecule has 274 valence electrons. The number of rotatable bonds is 8. The third-order valence-electron chi connectivity index (χ3n) is 8.38. The summed E-state index contributed by atoms with van der Waals surface area (Å²) < 4.78 is 79.2. The fourth-order valence-electron chi connectivity index (χ4n) is 5.41. The first-order valence-electron chi connectivity index (χ1n) is 16.2. The second kappa shape index (κ2) is 17.0. The van der Waals surface area contributed by atoms with Gasteiger partial charge in [-0.15, -0.1) is 11.3 Å². The molecular formula is C34H43F3N4O7S2. The molecule has 0 unspecified atom stereocenters. The summed E-state index contributed by atoms with van der Waals surface area (Å²) in [6.45, 7) is 5.55. The van der Waals surface area contributed by atoms with E-state index in [2.05, 4.69) is 10.6 Å². The van der Waals surface area contributed by atoms with Gasteiger partial charge in [0.25, 0.3) is 15.9 Å². The minimum atomic E-state index is -4.52. The van der Waals surface area contributed by atoms with Crippen molar-refractivity contribution in [3.8, 4) is 5.75 Å². The van der Waals surface area contributed by atoms with Gasteiger partial charge in [-0.1, -0.05) is 13.0 Å². The second-order valence-electron chi connectivity index (χ2n) is 12.4. The SMILES string of the molecule is C[C@@H]1CN([C@H](C)CO)C(=O)c2cc(NC(=O)Nc3ccc(C(F)(F)F)cc3)ccc2O[C@@H](C)CCCCO[C@H]1CN(C)S(=O)(=O)c1cccs1. The highest BCUT2D eigenvalue weighted by molar-refractivity contribution is 7.91. The van der Waals surface area contributed by atoms with Gasteiger partial charge in [-0.2, -0.15) is 17.5 Å².